The van der Waals surface area contributed by atoms with Crippen molar-refractivity contribution >= 4 is 23.4 Å². The van der Waals surface area contributed by atoms with Gasteiger partial charge in [0.15, 0.2) is 6.04 Å². The lowest BCUT2D eigenvalue weighted by atomic mass is 10.1. The van der Waals surface area contributed by atoms with E-state index in [0.29, 0.717) is 12.3 Å². The number of carbonyl (C=O) groups is 1. The van der Waals surface area contributed by atoms with Crippen molar-refractivity contribution in [2.75, 3.05) is 17.7 Å². The summed E-state index contributed by atoms with van der Waals surface area (Å²) in [7, 11) is 0. The van der Waals surface area contributed by atoms with E-state index in [1.54, 1.807) is 17.8 Å². The van der Waals surface area contributed by atoms with Gasteiger partial charge in [0.2, 0.25) is 0 Å². The first kappa shape index (κ1) is 17.5. The molecule has 1 unspecified atom stereocenters. The highest BCUT2D eigenvalue weighted by Gasteiger charge is 2.30. The van der Waals surface area contributed by atoms with Crippen LogP contribution in [0.25, 0.3) is 0 Å². The second kappa shape index (κ2) is 8.67. The van der Waals surface area contributed by atoms with Crippen LogP contribution in [0, 0.1) is 0 Å². The lowest BCUT2D eigenvalue weighted by Crippen LogP contribution is -2.34. The molecule has 0 amide bonds. The van der Waals surface area contributed by atoms with Gasteiger partial charge in [0, 0.05) is 12.2 Å². The molecule has 0 aliphatic rings. The Hall–Kier alpha value is -1.88. The first-order valence-electron chi connectivity index (χ1n) is 7.79. The molecule has 124 valence electrons. The topological polar surface area (TPSA) is 53.7 Å². The minimum atomic E-state index is -0.894. The van der Waals surface area contributed by atoms with E-state index in [1.807, 2.05) is 47.6 Å². The Kier molecular flexibility index (Phi) is 6.59. The number of aliphatic carboxylic acids is 1. The Morgan fingerprint density at radius 1 is 1.26 bits per heavy atom. The van der Waals surface area contributed by atoms with E-state index in [2.05, 4.69) is 6.92 Å². The fourth-order valence-electron chi connectivity index (χ4n) is 2.53. The van der Waals surface area contributed by atoms with Crippen LogP contribution in [0.4, 0.5) is 5.69 Å². The number of rotatable bonds is 9. The third-order valence-corrected chi connectivity index (χ3v) is 4.20. The highest BCUT2D eigenvalue weighted by atomic mass is 32.2. The molecule has 1 N–H and O–H groups in total. The molecule has 1 atom stereocenters. The normalized spacial score (nSPS) is 12.1. The van der Waals surface area contributed by atoms with Gasteiger partial charge in [0.1, 0.15) is 11.5 Å². The van der Waals surface area contributed by atoms with Crippen molar-refractivity contribution in [1.82, 2.24) is 0 Å². The standard InChI is InChI=1S/C18H23NO3S/c1-3-4-12-19(14-8-6-5-7-9-14)17(18(20)21)16-11-10-15(22-16)13-23-2/h5-11,17H,3-4,12-13H2,1-2H3,(H,20,21). The number of carboxylic acids is 1. The molecule has 0 spiro atoms. The molecular formula is C18H23NO3S. The van der Waals surface area contributed by atoms with Gasteiger partial charge in [-0.15, -0.1) is 0 Å². The second-order valence-corrected chi connectivity index (χ2v) is 6.23. The first-order valence-corrected chi connectivity index (χ1v) is 9.18. The number of anilines is 1. The van der Waals surface area contributed by atoms with E-state index in [-0.39, 0.29) is 0 Å². The maximum atomic E-state index is 11.9. The van der Waals surface area contributed by atoms with Crippen LogP contribution in [-0.4, -0.2) is 23.9 Å². The van der Waals surface area contributed by atoms with Crippen LogP contribution in [0.3, 0.4) is 0 Å². The number of furan rings is 1. The van der Waals surface area contributed by atoms with Crippen molar-refractivity contribution in [2.24, 2.45) is 0 Å². The van der Waals surface area contributed by atoms with Crippen LogP contribution in [0.5, 0.6) is 0 Å². The van der Waals surface area contributed by atoms with Crippen molar-refractivity contribution < 1.29 is 14.3 Å². The van der Waals surface area contributed by atoms with Gasteiger partial charge in [0.25, 0.3) is 0 Å². The minimum Gasteiger partial charge on any atom is -0.479 e. The molecule has 23 heavy (non-hydrogen) atoms. The third kappa shape index (κ3) is 4.55. The van der Waals surface area contributed by atoms with Gasteiger partial charge in [-0.3, -0.25) is 0 Å². The van der Waals surface area contributed by atoms with Crippen LogP contribution < -0.4 is 4.90 Å². The average Bonchev–Trinajstić information content (AvgIpc) is 3.00. The summed E-state index contributed by atoms with van der Waals surface area (Å²) >= 11 is 1.65. The average molecular weight is 333 g/mol. The fraction of sp³-hybridized carbons (Fsp3) is 0.389. The molecule has 4 nitrogen and oxygen atoms in total. The molecule has 1 heterocycles. The molecule has 1 aromatic carbocycles. The zero-order chi connectivity index (χ0) is 16.7. The summed E-state index contributed by atoms with van der Waals surface area (Å²) in [6.45, 7) is 2.78. The SMILES string of the molecule is CCCCN(c1ccccc1)C(C(=O)O)c1ccc(CSC)o1. The van der Waals surface area contributed by atoms with Crippen molar-refractivity contribution in [3.63, 3.8) is 0 Å². The molecule has 0 fully saturated rings. The summed E-state index contributed by atoms with van der Waals surface area (Å²) in [5, 5.41) is 9.79. The lowest BCUT2D eigenvalue weighted by Gasteiger charge is -2.29. The van der Waals surface area contributed by atoms with E-state index in [4.69, 9.17) is 4.42 Å². The van der Waals surface area contributed by atoms with E-state index in [1.165, 1.54) is 0 Å². The van der Waals surface area contributed by atoms with E-state index >= 15 is 0 Å². The van der Waals surface area contributed by atoms with Gasteiger partial charge < -0.3 is 14.4 Å². The molecule has 0 saturated carbocycles. The highest BCUT2D eigenvalue weighted by molar-refractivity contribution is 7.97. The quantitative estimate of drug-likeness (QED) is 0.728. The number of carboxylic acid groups (broad SMARTS) is 1. The molecule has 0 radical (unpaired) electrons. The zero-order valence-electron chi connectivity index (χ0n) is 13.6. The molecule has 0 saturated heterocycles. The number of nitrogens with zero attached hydrogens (tertiary/aromatic N) is 1. The Bertz CT molecular complexity index is 612. The summed E-state index contributed by atoms with van der Waals surface area (Å²) in [6, 6.07) is 12.5. The van der Waals surface area contributed by atoms with Gasteiger partial charge in [-0.2, -0.15) is 11.8 Å². The highest BCUT2D eigenvalue weighted by Crippen LogP contribution is 2.30. The van der Waals surface area contributed by atoms with Crippen molar-refractivity contribution in [1.29, 1.82) is 0 Å². The van der Waals surface area contributed by atoms with Crippen molar-refractivity contribution in [2.45, 2.75) is 31.6 Å². The Morgan fingerprint density at radius 3 is 2.61 bits per heavy atom. The van der Waals surface area contributed by atoms with E-state index in [0.717, 1.165) is 30.0 Å². The maximum Gasteiger partial charge on any atom is 0.334 e. The first-order chi connectivity index (χ1) is 11.2. The summed E-state index contributed by atoms with van der Waals surface area (Å²) in [6.07, 6.45) is 3.93. The number of hydrogen-bond acceptors (Lipinski definition) is 4. The van der Waals surface area contributed by atoms with Gasteiger partial charge >= 0.3 is 5.97 Å². The number of thioether (sulfide) groups is 1. The molecule has 2 rings (SSSR count). The monoisotopic (exact) mass is 333 g/mol. The predicted octanol–water partition coefficient (Wildman–Crippen LogP) is 4.58. The predicted molar refractivity (Wildman–Crippen MR) is 95.0 cm³/mol. The number of para-hydroxylation sites is 1. The lowest BCUT2D eigenvalue weighted by molar-refractivity contribution is -0.139. The molecule has 0 aliphatic carbocycles. The third-order valence-electron chi connectivity index (χ3n) is 3.62. The van der Waals surface area contributed by atoms with Gasteiger partial charge in [0.05, 0.1) is 5.75 Å². The molecule has 0 aliphatic heterocycles. The second-order valence-electron chi connectivity index (χ2n) is 5.36. The van der Waals surface area contributed by atoms with Crippen LogP contribution in [0.1, 0.15) is 37.3 Å². The maximum absolute atomic E-state index is 11.9. The minimum absolute atomic E-state index is 0.488. The molecule has 0 bridgehead atoms. The van der Waals surface area contributed by atoms with Crippen LogP contribution in [0.15, 0.2) is 46.9 Å². The number of benzene rings is 1. The molecule has 5 heteroatoms. The van der Waals surface area contributed by atoms with Crippen molar-refractivity contribution in [3.05, 3.63) is 54.0 Å². The summed E-state index contributed by atoms with van der Waals surface area (Å²) in [5.41, 5.74) is 0.899. The number of hydrogen-bond donors (Lipinski definition) is 1. The van der Waals surface area contributed by atoms with Gasteiger partial charge in [-0.1, -0.05) is 31.5 Å². The Balaban J connectivity index is 2.35. The Labute approximate surface area is 141 Å². The van der Waals surface area contributed by atoms with E-state index in [9.17, 15) is 9.90 Å². The summed E-state index contributed by atoms with van der Waals surface area (Å²) in [5.74, 6) is 1.14. The summed E-state index contributed by atoms with van der Waals surface area (Å²) < 4.78 is 5.79. The van der Waals surface area contributed by atoms with Gasteiger partial charge in [-0.25, -0.2) is 4.79 Å². The fourth-order valence-corrected chi connectivity index (χ4v) is 2.96. The van der Waals surface area contributed by atoms with Crippen molar-refractivity contribution in [3.8, 4) is 0 Å². The number of unbranched alkanes of at least 4 members (excludes halogenated alkanes) is 1. The molecular weight excluding hydrogens is 310 g/mol. The molecule has 1 aromatic heterocycles. The molecule has 2 aromatic rings. The van der Waals surface area contributed by atoms with E-state index < -0.39 is 12.0 Å². The Morgan fingerprint density at radius 2 is 2.00 bits per heavy atom. The zero-order valence-corrected chi connectivity index (χ0v) is 14.4. The van der Waals surface area contributed by atoms with Crippen LogP contribution in [-0.2, 0) is 10.5 Å². The van der Waals surface area contributed by atoms with Crippen LogP contribution in [0.2, 0.25) is 0 Å². The summed E-state index contributed by atoms with van der Waals surface area (Å²) in [4.78, 5) is 13.8. The smallest absolute Gasteiger partial charge is 0.334 e. The van der Waals surface area contributed by atoms with Crippen LogP contribution >= 0.6 is 11.8 Å². The largest absolute Gasteiger partial charge is 0.479 e. The van der Waals surface area contributed by atoms with Gasteiger partial charge in [-0.05, 0) is 36.9 Å².